The van der Waals surface area contributed by atoms with Crippen LogP contribution in [0.3, 0.4) is 0 Å². The molecule has 16 heavy (non-hydrogen) atoms. The molecule has 0 aliphatic rings. The van der Waals surface area contributed by atoms with Gasteiger partial charge < -0.3 is 5.32 Å². The summed E-state index contributed by atoms with van der Waals surface area (Å²) in [6.07, 6.45) is -2.92. The molecule has 0 unspecified atom stereocenters. The van der Waals surface area contributed by atoms with Crippen molar-refractivity contribution in [3.05, 3.63) is 36.7 Å². The zero-order valence-electron chi connectivity index (χ0n) is 8.40. The second kappa shape index (κ2) is 6.09. The van der Waals surface area contributed by atoms with Gasteiger partial charge in [-0.3, -0.25) is 4.79 Å². The van der Waals surface area contributed by atoms with E-state index in [0.29, 0.717) is 0 Å². The third-order valence-electron chi connectivity index (χ3n) is 1.67. The summed E-state index contributed by atoms with van der Waals surface area (Å²) in [5.41, 5.74) is 0.0949. The second-order valence-corrected chi connectivity index (χ2v) is 2.79. The average molecular weight is 237 g/mol. The lowest BCUT2D eigenvalue weighted by atomic mass is 10.1. The Morgan fingerprint density at radius 2 is 1.81 bits per heavy atom. The Balaban J connectivity index is 4.23. The van der Waals surface area contributed by atoms with E-state index in [1.165, 1.54) is 0 Å². The Labute approximate surface area is 90.3 Å². The summed E-state index contributed by atoms with van der Waals surface area (Å²) >= 11 is 0. The number of nitrogens with one attached hydrogen (secondary N) is 1. The molecule has 0 atom stereocenters. The summed E-state index contributed by atoms with van der Waals surface area (Å²) in [5, 5.41) is 1.62. The summed E-state index contributed by atoms with van der Waals surface area (Å²) in [6.45, 7) is 6.14. The molecule has 0 aromatic heterocycles. The van der Waals surface area contributed by atoms with Gasteiger partial charge in [0.15, 0.2) is 0 Å². The van der Waals surface area contributed by atoms with E-state index in [0.717, 1.165) is 12.2 Å². The molecular formula is C10H11F4NO. The van der Waals surface area contributed by atoms with Crippen LogP contribution in [-0.2, 0) is 4.79 Å². The number of rotatable bonds is 5. The van der Waals surface area contributed by atoms with Crippen molar-refractivity contribution in [2.45, 2.75) is 12.6 Å². The van der Waals surface area contributed by atoms with Gasteiger partial charge in [0.25, 0.3) is 0 Å². The van der Waals surface area contributed by atoms with E-state index in [1.54, 1.807) is 5.32 Å². The van der Waals surface area contributed by atoms with E-state index in [9.17, 15) is 22.4 Å². The Morgan fingerprint density at radius 3 is 2.19 bits per heavy atom. The van der Waals surface area contributed by atoms with Crippen molar-refractivity contribution < 1.29 is 22.4 Å². The topological polar surface area (TPSA) is 29.1 Å². The van der Waals surface area contributed by atoms with Crippen LogP contribution < -0.4 is 5.32 Å². The van der Waals surface area contributed by atoms with Gasteiger partial charge in [-0.1, -0.05) is 19.2 Å². The highest BCUT2D eigenvalue weighted by atomic mass is 19.4. The monoisotopic (exact) mass is 237 g/mol. The Morgan fingerprint density at radius 1 is 1.25 bits per heavy atom. The highest BCUT2D eigenvalue weighted by Gasteiger charge is 2.38. The first-order chi connectivity index (χ1) is 7.32. The maximum atomic E-state index is 12.9. The van der Waals surface area contributed by atoms with Crippen LogP contribution >= 0.6 is 0 Å². The first kappa shape index (κ1) is 14.4. The van der Waals surface area contributed by atoms with Crippen LogP contribution in [0.25, 0.3) is 0 Å². The molecule has 0 saturated carbocycles. The maximum Gasteiger partial charge on any atom is 0.471 e. The van der Waals surface area contributed by atoms with Gasteiger partial charge in [-0.15, -0.1) is 0 Å². The van der Waals surface area contributed by atoms with Crippen molar-refractivity contribution >= 4 is 5.91 Å². The highest BCUT2D eigenvalue weighted by molar-refractivity contribution is 5.81. The Bertz CT molecular complexity index is 317. The predicted octanol–water partition coefficient (Wildman–Crippen LogP) is 2.65. The molecule has 0 saturated heterocycles. The third-order valence-corrected chi connectivity index (χ3v) is 1.67. The lowest BCUT2D eigenvalue weighted by Crippen LogP contribution is -2.37. The summed E-state index contributed by atoms with van der Waals surface area (Å²) < 4.78 is 48.1. The van der Waals surface area contributed by atoms with Crippen LogP contribution in [0.4, 0.5) is 17.6 Å². The summed E-state index contributed by atoms with van der Waals surface area (Å²) in [6, 6.07) is 0. The minimum absolute atomic E-state index is 0.0802. The number of amides is 1. The van der Waals surface area contributed by atoms with E-state index in [-0.39, 0.29) is 18.5 Å². The predicted molar refractivity (Wildman–Crippen MR) is 52.2 cm³/mol. The Kier molecular flexibility index (Phi) is 5.49. The molecule has 0 aromatic rings. The molecule has 0 bridgehead atoms. The first-order valence-electron chi connectivity index (χ1n) is 4.31. The Hall–Kier alpha value is -1.59. The normalized spacial score (nSPS) is 12.8. The molecule has 0 aliphatic carbocycles. The van der Waals surface area contributed by atoms with Crippen molar-refractivity contribution in [2.24, 2.45) is 0 Å². The van der Waals surface area contributed by atoms with Crippen LogP contribution in [0.15, 0.2) is 36.7 Å². The third kappa shape index (κ3) is 4.77. The molecule has 0 fully saturated rings. The molecular weight excluding hydrogens is 226 g/mol. The molecule has 1 N–H and O–H groups in total. The number of hydrogen-bond donors (Lipinski definition) is 1. The van der Waals surface area contributed by atoms with Crippen LogP contribution in [0, 0.1) is 0 Å². The number of carbonyl (C=O) groups is 1. The molecule has 0 rings (SSSR count). The standard InChI is InChI=1S/C10H11F4NO/c1-3-7(8(11)4-2)5-6-15-9(16)10(12,13)14/h3-4H,1-2,5-6H2,(H,15,16)/b8-7-. The van der Waals surface area contributed by atoms with Crippen molar-refractivity contribution in [1.29, 1.82) is 0 Å². The summed E-state index contributed by atoms with van der Waals surface area (Å²) in [5.74, 6) is -2.72. The van der Waals surface area contributed by atoms with Gasteiger partial charge in [0.1, 0.15) is 5.83 Å². The molecule has 0 radical (unpaired) electrons. The van der Waals surface area contributed by atoms with Gasteiger partial charge in [-0.25, -0.2) is 4.39 Å². The van der Waals surface area contributed by atoms with E-state index >= 15 is 0 Å². The second-order valence-electron chi connectivity index (χ2n) is 2.79. The number of hydrogen-bond acceptors (Lipinski definition) is 1. The van der Waals surface area contributed by atoms with Gasteiger partial charge in [-0.05, 0) is 18.1 Å². The van der Waals surface area contributed by atoms with Crippen molar-refractivity contribution in [1.82, 2.24) is 5.32 Å². The average Bonchev–Trinajstić information content (AvgIpc) is 2.21. The van der Waals surface area contributed by atoms with Gasteiger partial charge >= 0.3 is 12.1 Å². The van der Waals surface area contributed by atoms with E-state index in [1.807, 2.05) is 0 Å². The first-order valence-corrected chi connectivity index (χ1v) is 4.31. The van der Waals surface area contributed by atoms with E-state index in [4.69, 9.17) is 0 Å². The molecule has 6 heteroatoms. The minimum atomic E-state index is -4.92. The van der Waals surface area contributed by atoms with Gasteiger partial charge in [0, 0.05) is 6.54 Å². The molecule has 2 nitrogen and oxygen atoms in total. The molecule has 0 aromatic carbocycles. The van der Waals surface area contributed by atoms with Crippen LogP contribution in [0.2, 0.25) is 0 Å². The van der Waals surface area contributed by atoms with Crippen LogP contribution in [0.1, 0.15) is 6.42 Å². The zero-order valence-corrected chi connectivity index (χ0v) is 8.40. The molecule has 0 heterocycles. The fraction of sp³-hybridized carbons (Fsp3) is 0.300. The minimum Gasteiger partial charge on any atom is -0.348 e. The van der Waals surface area contributed by atoms with Crippen LogP contribution in [0.5, 0.6) is 0 Å². The van der Waals surface area contributed by atoms with Crippen molar-refractivity contribution in [2.75, 3.05) is 6.54 Å². The molecule has 0 spiro atoms. The number of carbonyl (C=O) groups excluding carboxylic acids is 1. The molecule has 1 amide bonds. The van der Waals surface area contributed by atoms with Crippen LogP contribution in [-0.4, -0.2) is 18.6 Å². The number of halogens is 4. The highest BCUT2D eigenvalue weighted by Crippen LogP contribution is 2.15. The molecule has 0 aliphatic heterocycles. The fourth-order valence-corrected chi connectivity index (χ4v) is 0.861. The van der Waals surface area contributed by atoms with Crippen molar-refractivity contribution in [3.8, 4) is 0 Å². The van der Waals surface area contributed by atoms with E-state index in [2.05, 4.69) is 13.2 Å². The fourth-order valence-electron chi connectivity index (χ4n) is 0.861. The zero-order chi connectivity index (χ0) is 12.8. The largest absolute Gasteiger partial charge is 0.471 e. The SMILES string of the molecule is C=C/C(F)=C(\C=C)CCNC(=O)C(F)(F)F. The lowest BCUT2D eigenvalue weighted by Gasteiger charge is -2.08. The lowest BCUT2D eigenvalue weighted by molar-refractivity contribution is -0.173. The van der Waals surface area contributed by atoms with Gasteiger partial charge in [0.2, 0.25) is 0 Å². The van der Waals surface area contributed by atoms with Gasteiger partial charge in [0.05, 0.1) is 0 Å². The number of allylic oxidation sites excluding steroid dienone is 3. The van der Waals surface area contributed by atoms with Gasteiger partial charge in [-0.2, -0.15) is 13.2 Å². The van der Waals surface area contributed by atoms with E-state index < -0.39 is 17.9 Å². The molecule has 90 valence electrons. The smallest absolute Gasteiger partial charge is 0.348 e. The maximum absolute atomic E-state index is 12.9. The van der Waals surface area contributed by atoms with Crippen molar-refractivity contribution in [3.63, 3.8) is 0 Å². The number of alkyl halides is 3. The summed E-state index contributed by atoms with van der Waals surface area (Å²) in [7, 11) is 0. The quantitative estimate of drug-likeness (QED) is 0.578. The summed E-state index contributed by atoms with van der Waals surface area (Å²) in [4.78, 5) is 10.4.